The van der Waals surface area contributed by atoms with Crippen LogP contribution in [-0.2, 0) is 16.8 Å². The van der Waals surface area contributed by atoms with Crippen molar-refractivity contribution in [2.24, 2.45) is 0 Å². The number of methoxy groups -OCH3 is 1. The van der Waals surface area contributed by atoms with E-state index in [1.54, 1.807) is 7.11 Å². The molecule has 0 spiro atoms. The molecule has 6 heteroatoms. The lowest BCUT2D eigenvalue weighted by Gasteiger charge is -2.27. The quantitative estimate of drug-likeness (QED) is 0.827. The third kappa shape index (κ3) is 4.05. The molecule has 0 radical (unpaired) electrons. The summed E-state index contributed by atoms with van der Waals surface area (Å²) in [7, 11) is 1.58. The first-order valence-electron chi connectivity index (χ1n) is 8.42. The third-order valence-corrected chi connectivity index (χ3v) is 4.70. The topological polar surface area (TPSA) is 56.8 Å². The Bertz CT molecular complexity index is 819. The Morgan fingerprint density at radius 1 is 1.19 bits per heavy atom. The van der Waals surface area contributed by atoms with E-state index in [-0.39, 0.29) is 12.7 Å². The number of aryl methyl sites for hydroxylation is 1. The first-order valence-corrected chi connectivity index (χ1v) is 8.80. The van der Waals surface area contributed by atoms with Gasteiger partial charge in [0.25, 0.3) is 0 Å². The van der Waals surface area contributed by atoms with Gasteiger partial charge in [-0.15, -0.1) is 0 Å². The second-order valence-electron chi connectivity index (χ2n) is 6.71. The highest BCUT2D eigenvalue weighted by atomic mass is 35.5. The van der Waals surface area contributed by atoms with Gasteiger partial charge in [0.1, 0.15) is 5.75 Å². The zero-order valence-electron chi connectivity index (χ0n) is 15.1. The van der Waals surface area contributed by atoms with E-state index in [0.29, 0.717) is 29.4 Å². The molecule has 1 aliphatic rings. The summed E-state index contributed by atoms with van der Waals surface area (Å²) in [5.74, 6) is 2.04. The van der Waals surface area contributed by atoms with E-state index < -0.39 is 5.54 Å². The first-order chi connectivity index (χ1) is 12.4. The van der Waals surface area contributed by atoms with Crippen molar-refractivity contribution < 1.29 is 19.0 Å². The number of amides is 1. The summed E-state index contributed by atoms with van der Waals surface area (Å²) < 4.78 is 15.9. The standard InChI is InChI=1S/C20H22ClNO4/c1-20(2,14-6-8-17-18(11-14)26-12-25-17)22-19(23)9-5-13-4-7-16(24-3)15(21)10-13/h4,6-8,10-11H,5,9,12H2,1-3H3,(H,22,23). The van der Waals surface area contributed by atoms with E-state index in [0.717, 1.165) is 16.9 Å². The Morgan fingerprint density at radius 3 is 2.69 bits per heavy atom. The number of benzene rings is 2. The van der Waals surface area contributed by atoms with Crippen molar-refractivity contribution in [1.29, 1.82) is 0 Å². The van der Waals surface area contributed by atoms with Crippen LogP contribution < -0.4 is 19.5 Å². The number of hydrogen-bond acceptors (Lipinski definition) is 4. The maximum Gasteiger partial charge on any atom is 0.231 e. The van der Waals surface area contributed by atoms with Crippen molar-refractivity contribution in [2.75, 3.05) is 13.9 Å². The van der Waals surface area contributed by atoms with Gasteiger partial charge in [-0.2, -0.15) is 0 Å². The van der Waals surface area contributed by atoms with Gasteiger partial charge in [-0.05, 0) is 55.7 Å². The molecule has 26 heavy (non-hydrogen) atoms. The molecule has 5 nitrogen and oxygen atoms in total. The van der Waals surface area contributed by atoms with Crippen LogP contribution in [0.2, 0.25) is 5.02 Å². The van der Waals surface area contributed by atoms with Crippen LogP contribution in [-0.4, -0.2) is 19.8 Å². The molecule has 1 N–H and O–H groups in total. The summed E-state index contributed by atoms with van der Waals surface area (Å²) in [4.78, 5) is 12.4. The molecule has 0 bridgehead atoms. The van der Waals surface area contributed by atoms with Crippen LogP contribution in [0.15, 0.2) is 36.4 Å². The van der Waals surface area contributed by atoms with Gasteiger partial charge >= 0.3 is 0 Å². The van der Waals surface area contributed by atoms with Crippen LogP contribution in [0.1, 0.15) is 31.4 Å². The molecule has 2 aromatic rings. The zero-order valence-corrected chi connectivity index (χ0v) is 15.9. The van der Waals surface area contributed by atoms with Gasteiger partial charge in [-0.25, -0.2) is 0 Å². The molecular weight excluding hydrogens is 354 g/mol. The van der Waals surface area contributed by atoms with Crippen molar-refractivity contribution in [3.63, 3.8) is 0 Å². The minimum Gasteiger partial charge on any atom is -0.495 e. The lowest BCUT2D eigenvalue weighted by atomic mass is 9.93. The Labute approximate surface area is 158 Å². The normalized spacial score (nSPS) is 12.8. The molecule has 1 heterocycles. The van der Waals surface area contributed by atoms with Crippen LogP contribution in [0.4, 0.5) is 0 Å². The maximum atomic E-state index is 12.4. The summed E-state index contributed by atoms with van der Waals surface area (Å²) in [5, 5.41) is 3.63. The van der Waals surface area contributed by atoms with Gasteiger partial charge < -0.3 is 19.5 Å². The van der Waals surface area contributed by atoms with Crippen LogP contribution in [0.5, 0.6) is 17.2 Å². The van der Waals surface area contributed by atoms with Crippen LogP contribution in [0.25, 0.3) is 0 Å². The molecule has 138 valence electrons. The highest BCUT2D eigenvalue weighted by Gasteiger charge is 2.25. The fourth-order valence-electron chi connectivity index (χ4n) is 2.89. The van der Waals surface area contributed by atoms with E-state index in [4.69, 9.17) is 25.8 Å². The first kappa shape index (κ1) is 18.4. The van der Waals surface area contributed by atoms with Crippen LogP contribution in [0.3, 0.4) is 0 Å². The molecule has 0 aromatic heterocycles. The van der Waals surface area contributed by atoms with Gasteiger partial charge in [-0.3, -0.25) is 4.79 Å². The summed E-state index contributed by atoms with van der Waals surface area (Å²) in [6.45, 7) is 4.16. The van der Waals surface area contributed by atoms with Gasteiger partial charge in [-0.1, -0.05) is 23.7 Å². The summed E-state index contributed by atoms with van der Waals surface area (Å²) in [5.41, 5.74) is 1.43. The molecule has 0 saturated carbocycles. The number of fused-ring (bicyclic) bond motifs is 1. The molecule has 0 atom stereocenters. The fourth-order valence-corrected chi connectivity index (χ4v) is 3.17. The summed E-state index contributed by atoms with van der Waals surface area (Å²) >= 11 is 6.13. The minimum absolute atomic E-state index is 0.0281. The Hall–Kier alpha value is -2.40. The largest absolute Gasteiger partial charge is 0.495 e. The second-order valence-corrected chi connectivity index (χ2v) is 7.12. The number of carbonyl (C=O) groups excluding carboxylic acids is 1. The number of carbonyl (C=O) groups is 1. The number of nitrogens with one attached hydrogen (secondary N) is 1. The third-order valence-electron chi connectivity index (χ3n) is 4.40. The predicted molar refractivity (Wildman–Crippen MR) is 100 cm³/mol. The molecule has 0 unspecified atom stereocenters. The van der Waals surface area contributed by atoms with Gasteiger partial charge in [0.2, 0.25) is 12.7 Å². The van der Waals surface area contributed by atoms with Crippen LogP contribution >= 0.6 is 11.6 Å². The zero-order chi connectivity index (χ0) is 18.7. The van der Waals surface area contributed by atoms with E-state index in [2.05, 4.69) is 5.32 Å². The smallest absolute Gasteiger partial charge is 0.231 e. The molecule has 0 saturated heterocycles. The molecule has 2 aromatic carbocycles. The van der Waals surface area contributed by atoms with Crippen molar-refractivity contribution in [2.45, 2.75) is 32.2 Å². The SMILES string of the molecule is COc1ccc(CCC(=O)NC(C)(C)c2ccc3c(c2)OCO3)cc1Cl. The average molecular weight is 376 g/mol. The Balaban J connectivity index is 1.61. The minimum atomic E-state index is -0.518. The molecule has 3 rings (SSSR count). The Kier molecular flexibility index (Phi) is 5.28. The highest BCUT2D eigenvalue weighted by Crippen LogP contribution is 2.35. The average Bonchev–Trinajstić information content (AvgIpc) is 3.07. The lowest BCUT2D eigenvalue weighted by molar-refractivity contribution is -0.122. The van der Waals surface area contributed by atoms with Crippen molar-refractivity contribution >= 4 is 17.5 Å². The predicted octanol–water partition coefficient (Wildman–Crippen LogP) is 4.06. The van der Waals surface area contributed by atoms with Gasteiger partial charge in [0.15, 0.2) is 11.5 Å². The monoisotopic (exact) mass is 375 g/mol. The van der Waals surface area contributed by atoms with Gasteiger partial charge in [0.05, 0.1) is 17.7 Å². The molecule has 0 aliphatic carbocycles. The number of halogens is 1. The molecule has 1 amide bonds. The molecule has 1 aliphatic heterocycles. The van der Waals surface area contributed by atoms with E-state index >= 15 is 0 Å². The lowest BCUT2D eigenvalue weighted by Crippen LogP contribution is -2.41. The second kappa shape index (κ2) is 7.46. The fraction of sp³-hybridized carbons (Fsp3) is 0.350. The molecule has 0 fully saturated rings. The van der Waals surface area contributed by atoms with E-state index in [1.165, 1.54) is 0 Å². The molecular formula is C20H22ClNO4. The van der Waals surface area contributed by atoms with Crippen molar-refractivity contribution in [1.82, 2.24) is 5.32 Å². The van der Waals surface area contributed by atoms with E-state index in [9.17, 15) is 4.79 Å². The van der Waals surface area contributed by atoms with E-state index in [1.807, 2.05) is 50.2 Å². The maximum absolute atomic E-state index is 12.4. The number of rotatable bonds is 6. The van der Waals surface area contributed by atoms with Gasteiger partial charge in [0, 0.05) is 6.42 Å². The van der Waals surface area contributed by atoms with Crippen molar-refractivity contribution in [3.05, 3.63) is 52.5 Å². The van der Waals surface area contributed by atoms with Crippen molar-refractivity contribution in [3.8, 4) is 17.2 Å². The van der Waals surface area contributed by atoms with Crippen LogP contribution in [0, 0.1) is 0 Å². The highest BCUT2D eigenvalue weighted by molar-refractivity contribution is 6.32. The Morgan fingerprint density at radius 2 is 1.96 bits per heavy atom. The number of hydrogen-bond donors (Lipinski definition) is 1. The summed E-state index contributed by atoms with van der Waals surface area (Å²) in [6.07, 6.45) is 0.976. The summed E-state index contributed by atoms with van der Waals surface area (Å²) in [6, 6.07) is 11.3. The number of ether oxygens (including phenoxy) is 3.